The summed E-state index contributed by atoms with van der Waals surface area (Å²) in [6.07, 6.45) is 17.5. The van der Waals surface area contributed by atoms with E-state index >= 15 is 0 Å². The first-order valence-corrected chi connectivity index (χ1v) is 12.9. The number of nitrogens with two attached hydrogens (primary N) is 1. The van der Waals surface area contributed by atoms with E-state index in [1.54, 1.807) is 18.5 Å². The Morgan fingerprint density at radius 2 is 1.97 bits per heavy atom. The Bertz CT molecular complexity index is 1420. The number of H-pyrrole nitrogens is 1. The summed E-state index contributed by atoms with van der Waals surface area (Å²) in [6.45, 7) is 15.0. The maximum absolute atomic E-state index is 9.04. The van der Waals surface area contributed by atoms with Crippen molar-refractivity contribution in [1.82, 2.24) is 19.9 Å². The molecule has 3 aromatic rings. The Morgan fingerprint density at radius 3 is 2.63 bits per heavy atom. The van der Waals surface area contributed by atoms with Gasteiger partial charge in [-0.1, -0.05) is 43.5 Å². The number of nitrogens with zero attached hydrogens (tertiary/aromatic N) is 3. The summed E-state index contributed by atoms with van der Waals surface area (Å²) in [4.78, 5) is 14.7. The molecule has 194 valence electrons. The smallest absolute Gasteiger partial charge is 0.0869 e. The SMILES string of the molecule is C=C/C=C(/c1cccnc1)c1cc(C(=N)c2cc(C(/C=C(\C=C)CN3CCCC3)=C/C)ncc2N)[nH]c1C. The molecule has 6 nitrogen and oxygen atoms in total. The van der Waals surface area contributed by atoms with Crippen molar-refractivity contribution in [1.29, 1.82) is 5.41 Å². The molecule has 38 heavy (non-hydrogen) atoms. The predicted octanol–water partition coefficient (Wildman–Crippen LogP) is 6.34. The van der Waals surface area contributed by atoms with Gasteiger partial charge in [0.1, 0.15) is 0 Å². The van der Waals surface area contributed by atoms with Crippen LogP contribution < -0.4 is 5.73 Å². The molecule has 0 bridgehead atoms. The fourth-order valence-electron chi connectivity index (χ4n) is 4.81. The van der Waals surface area contributed by atoms with Gasteiger partial charge in [-0.05, 0) is 80.8 Å². The van der Waals surface area contributed by atoms with E-state index in [2.05, 4.69) is 39.1 Å². The lowest BCUT2D eigenvalue weighted by atomic mass is 9.97. The van der Waals surface area contributed by atoms with Crippen molar-refractivity contribution in [3.63, 3.8) is 0 Å². The monoisotopic (exact) mass is 504 g/mol. The van der Waals surface area contributed by atoms with Crippen LogP contribution in [0.3, 0.4) is 0 Å². The number of aromatic nitrogens is 3. The zero-order valence-electron chi connectivity index (χ0n) is 22.3. The number of nitrogens with one attached hydrogen (secondary N) is 2. The third-order valence-electron chi connectivity index (χ3n) is 6.85. The second-order valence-electron chi connectivity index (χ2n) is 9.46. The van der Waals surface area contributed by atoms with Gasteiger partial charge in [-0.15, -0.1) is 0 Å². The van der Waals surface area contributed by atoms with Crippen LogP contribution in [0.2, 0.25) is 0 Å². The van der Waals surface area contributed by atoms with Gasteiger partial charge < -0.3 is 10.7 Å². The van der Waals surface area contributed by atoms with Crippen LogP contribution >= 0.6 is 0 Å². The maximum Gasteiger partial charge on any atom is 0.0869 e. The zero-order chi connectivity index (χ0) is 27.1. The van der Waals surface area contributed by atoms with Crippen LogP contribution in [-0.4, -0.2) is 45.2 Å². The lowest BCUT2D eigenvalue weighted by Crippen LogP contribution is -2.21. The molecule has 0 radical (unpaired) electrons. The van der Waals surface area contributed by atoms with Crippen LogP contribution in [0.5, 0.6) is 0 Å². The number of hydrogen-bond acceptors (Lipinski definition) is 5. The number of allylic oxidation sites excluding steroid dienone is 5. The summed E-state index contributed by atoms with van der Waals surface area (Å²) < 4.78 is 0. The van der Waals surface area contributed by atoms with E-state index in [1.807, 2.05) is 62.5 Å². The molecular weight excluding hydrogens is 468 g/mol. The van der Waals surface area contributed by atoms with E-state index in [1.165, 1.54) is 12.8 Å². The number of aryl methyl sites for hydroxylation is 1. The van der Waals surface area contributed by atoms with Gasteiger partial charge in [0.25, 0.3) is 0 Å². The number of likely N-dealkylation sites (tertiary alicyclic amines) is 1. The Labute approximate surface area is 225 Å². The van der Waals surface area contributed by atoms with Gasteiger partial charge in [0.2, 0.25) is 0 Å². The van der Waals surface area contributed by atoms with Crippen molar-refractivity contribution in [3.8, 4) is 0 Å². The quantitative estimate of drug-likeness (QED) is 0.222. The van der Waals surface area contributed by atoms with Gasteiger partial charge in [-0.2, -0.15) is 0 Å². The van der Waals surface area contributed by atoms with Crippen molar-refractivity contribution in [3.05, 3.63) is 126 Å². The van der Waals surface area contributed by atoms with Gasteiger partial charge in [-0.25, -0.2) is 0 Å². The first-order valence-electron chi connectivity index (χ1n) is 12.9. The molecule has 3 aromatic heterocycles. The number of aromatic amines is 1. The van der Waals surface area contributed by atoms with Gasteiger partial charge in [0.05, 0.1) is 29.0 Å². The molecule has 0 amide bonds. The molecule has 0 aliphatic carbocycles. The minimum atomic E-state index is 0.310. The topological polar surface area (TPSA) is 94.7 Å². The first kappa shape index (κ1) is 26.8. The minimum Gasteiger partial charge on any atom is -0.397 e. The predicted molar refractivity (Wildman–Crippen MR) is 159 cm³/mol. The molecular formula is C32H36N6. The molecule has 1 saturated heterocycles. The molecule has 6 heteroatoms. The number of pyridine rings is 2. The third kappa shape index (κ3) is 5.98. The largest absolute Gasteiger partial charge is 0.397 e. The fourth-order valence-corrected chi connectivity index (χ4v) is 4.81. The van der Waals surface area contributed by atoms with Crippen LogP contribution in [-0.2, 0) is 0 Å². The standard InChI is InChI=1S/C32H36N6/c1-5-11-26(25-12-10-13-35-19-25)27-17-31(37-22(27)4)32(34)28-18-30(36-20-29(28)33)24(7-3)16-23(6-2)21-38-14-8-9-15-38/h5-7,10-13,16-20,34,37H,1-2,8-9,14-15,21,33H2,3-4H3/b23-16+,24-7+,26-11-,34-32?. The van der Waals surface area contributed by atoms with E-state index in [4.69, 9.17) is 11.1 Å². The highest BCUT2D eigenvalue weighted by Gasteiger charge is 2.18. The number of rotatable bonds is 10. The molecule has 1 aliphatic rings. The van der Waals surface area contributed by atoms with Crippen molar-refractivity contribution < 1.29 is 0 Å². The summed E-state index contributed by atoms with van der Waals surface area (Å²) in [5, 5.41) is 9.04. The molecule has 0 atom stereocenters. The molecule has 4 rings (SSSR count). The third-order valence-corrected chi connectivity index (χ3v) is 6.85. The molecule has 0 spiro atoms. The average Bonchev–Trinajstić information content (AvgIpc) is 3.59. The number of anilines is 1. The van der Waals surface area contributed by atoms with Crippen LogP contribution in [0.25, 0.3) is 11.1 Å². The fraction of sp³-hybridized carbons (Fsp3) is 0.219. The van der Waals surface area contributed by atoms with Crippen LogP contribution in [0.15, 0.2) is 92.0 Å². The Balaban J connectivity index is 1.66. The van der Waals surface area contributed by atoms with E-state index in [0.29, 0.717) is 22.7 Å². The summed E-state index contributed by atoms with van der Waals surface area (Å²) in [7, 11) is 0. The van der Waals surface area contributed by atoms with E-state index < -0.39 is 0 Å². The summed E-state index contributed by atoms with van der Waals surface area (Å²) >= 11 is 0. The van der Waals surface area contributed by atoms with E-state index in [9.17, 15) is 0 Å². The average molecular weight is 505 g/mol. The molecule has 0 saturated carbocycles. The Hall–Kier alpha value is -4.29. The second-order valence-corrected chi connectivity index (χ2v) is 9.46. The lowest BCUT2D eigenvalue weighted by molar-refractivity contribution is 0.371. The highest BCUT2D eigenvalue weighted by molar-refractivity contribution is 6.13. The van der Waals surface area contributed by atoms with Gasteiger partial charge in [0.15, 0.2) is 0 Å². The molecule has 0 aromatic carbocycles. The molecule has 1 fully saturated rings. The molecule has 0 unspecified atom stereocenters. The van der Waals surface area contributed by atoms with E-state index in [0.717, 1.165) is 58.9 Å². The van der Waals surface area contributed by atoms with Crippen molar-refractivity contribution >= 4 is 22.5 Å². The zero-order valence-corrected chi connectivity index (χ0v) is 22.3. The van der Waals surface area contributed by atoms with Crippen molar-refractivity contribution in [2.45, 2.75) is 26.7 Å². The molecule has 4 heterocycles. The maximum atomic E-state index is 9.04. The lowest BCUT2D eigenvalue weighted by Gasteiger charge is -2.16. The number of nitrogen functional groups attached to an aromatic ring is 1. The van der Waals surface area contributed by atoms with Crippen LogP contribution in [0.4, 0.5) is 5.69 Å². The van der Waals surface area contributed by atoms with Crippen LogP contribution in [0, 0.1) is 12.3 Å². The van der Waals surface area contributed by atoms with Gasteiger partial charge in [-0.3, -0.25) is 20.3 Å². The molecule has 1 aliphatic heterocycles. The second kappa shape index (κ2) is 12.3. The summed E-state index contributed by atoms with van der Waals surface area (Å²) in [6, 6.07) is 7.81. The minimum absolute atomic E-state index is 0.310. The van der Waals surface area contributed by atoms with Crippen molar-refractivity contribution in [2.75, 3.05) is 25.4 Å². The summed E-state index contributed by atoms with van der Waals surface area (Å²) in [5.41, 5.74) is 15.2. The Kier molecular flexibility index (Phi) is 8.66. The molecule has 4 N–H and O–H groups in total. The Morgan fingerprint density at radius 1 is 1.18 bits per heavy atom. The van der Waals surface area contributed by atoms with Gasteiger partial charge >= 0.3 is 0 Å². The van der Waals surface area contributed by atoms with Crippen molar-refractivity contribution in [2.24, 2.45) is 0 Å². The van der Waals surface area contributed by atoms with Gasteiger partial charge in [0, 0.05) is 41.3 Å². The van der Waals surface area contributed by atoms with E-state index in [-0.39, 0.29) is 0 Å². The highest BCUT2D eigenvalue weighted by atomic mass is 15.1. The number of hydrogen-bond donors (Lipinski definition) is 3. The highest BCUT2D eigenvalue weighted by Crippen LogP contribution is 2.29. The van der Waals surface area contributed by atoms with Crippen LogP contribution in [0.1, 0.15) is 53.5 Å². The normalized spacial score (nSPS) is 15.1. The summed E-state index contributed by atoms with van der Waals surface area (Å²) in [5.74, 6) is 0. The first-order chi connectivity index (χ1) is 18.4.